The summed E-state index contributed by atoms with van der Waals surface area (Å²) < 4.78 is 9.60. The number of rotatable bonds is 6. The minimum absolute atomic E-state index is 0.0911. The number of nitrogens with one attached hydrogen (secondary N) is 1. The van der Waals surface area contributed by atoms with Crippen LogP contribution in [0.1, 0.15) is 24.4 Å². The number of carbonyl (C=O) groups excluding carboxylic acids is 3. The molecule has 0 aliphatic rings. The summed E-state index contributed by atoms with van der Waals surface area (Å²) in [5, 5.41) is 2.48. The first-order chi connectivity index (χ1) is 8.91. The van der Waals surface area contributed by atoms with Crippen molar-refractivity contribution < 1.29 is 23.5 Å². The Morgan fingerprint density at radius 2 is 2.11 bits per heavy atom. The third-order valence-corrected chi connectivity index (χ3v) is 2.31. The fraction of sp³-hybridized carbons (Fsp3) is 0.417. The Morgan fingerprint density at radius 1 is 1.42 bits per heavy atom. The predicted octanol–water partition coefficient (Wildman–Crippen LogP) is 0.0625. The highest BCUT2D eigenvalue weighted by Crippen LogP contribution is 2.07. The number of nitrogens with two attached hydrogens (primary N) is 1. The number of hydrogen-bond acceptors (Lipinski definition) is 5. The van der Waals surface area contributed by atoms with E-state index in [1.54, 1.807) is 19.9 Å². The Bertz CT molecular complexity index is 453. The second-order valence-electron chi connectivity index (χ2n) is 4.25. The van der Waals surface area contributed by atoms with Gasteiger partial charge in [-0.05, 0) is 18.1 Å². The molecule has 1 aromatic rings. The first-order valence-corrected chi connectivity index (χ1v) is 5.71. The second kappa shape index (κ2) is 6.58. The van der Waals surface area contributed by atoms with Crippen molar-refractivity contribution >= 4 is 17.8 Å². The van der Waals surface area contributed by atoms with Crippen molar-refractivity contribution in [2.45, 2.75) is 19.9 Å². The molecule has 0 aliphatic heterocycles. The molecule has 1 rings (SSSR count). The molecular weight excluding hydrogens is 252 g/mol. The van der Waals surface area contributed by atoms with Crippen LogP contribution in [0.3, 0.4) is 0 Å². The van der Waals surface area contributed by atoms with Gasteiger partial charge in [0.1, 0.15) is 6.04 Å². The first-order valence-electron chi connectivity index (χ1n) is 5.71. The smallest absolute Gasteiger partial charge is 0.329 e. The fourth-order valence-electron chi connectivity index (χ4n) is 1.35. The van der Waals surface area contributed by atoms with Gasteiger partial charge in [0.05, 0.1) is 6.26 Å². The molecule has 7 nitrogen and oxygen atoms in total. The van der Waals surface area contributed by atoms with E-state index in [2.05, 4.69) is 10.1 Å². The van der Waals surface area contributed by atoms with E-state index in [0.29, 0.717) is 0 Å². The number of furan rings is 1. The lowest BCUT2D eigenvalue weighted by atomic mass is 10.0. The van der Waals surface area contributed by atoms with Crippen LogP contribution in [0.4, 0.5) is 0 Å². The van der Waals surface area contributed by atoms with Gasteiger partial charge in [0.2, 0.25) is 0 Å². The lowest BCUT2D eigenvalue weighted by Crippen LogP contribution is -2.45. The van der Waals surface area contributed by atoms with Crippen LogP contribution in [0.25, 0.3) is 0 Å². The lowest BCUT2D eigenvalue weighted by Gasteiger charge is -2.19. The molecule has 19 heavy (non-hydrogen) atoms. The maximum atomic E-state index is 11.8. The van der Waals surface area contributed by atoms with E-state index in [1.807, 2.05) is 0 Å². The quantitative estimate of drug-likeness (QED) is 0.709. The first kappa shape index (κ1) is 14.7. The zero-order valence-corrected chi connectivity index (χ0v) is 10.7. The molecule has 0 spiro atoms. The number of primary amides is 1. The Labute approximate surface area is 110 Å². The Morgan fingerprint density at radius 3 is 2.58 bits per heavy atom. The van der Waals surface area contributed by atoms with Gasteiger partial charge in [-0.15, -0.1) is 0 Å². The van der Waals surface area contributed by atoms with E-state index in [-0.39, 0.29) is 11.7 Å². The third kappa shape index (κ3) is 4.46. The molecule has 0 saturated carbocycles. The van der Waals surface area contributed by atoms with Crippen LogP contribution in [0, 0.1) is 5.92 Å². The predicted molar refractivity (Wildman–Crippen MR) is 65.0 cm³/mol. The second-order valence-corrected chi connectivity index (χ2v) is 4.25. The van der Waals surface area contributed by atoms with Crippen LogP contribution in [0.2, 0.25) is 0 Å². The van der Waals surface area contributed by atoms with Crippen molar-refractivity contribution in [1.29, 1.82) is 0 Å². The monoisotopic (exact) mass is 268 g/mol. The lowest BCUT2D eigenvalue weighted by molar-refractivity contribution is -0.150. The number of carbonyl (C=O) groups is 3. The molecule has 104 valence electrons. The van der Waals surface area contributed by atoms with Crippen molar-refractivity contribution in [2.75, 3.05) is 6.61 Å². The highest BCUT2D eigenvalue weighted by atomic mass is 16.5. The van der Waals surface area contributed by atoms with Crippen molar-refractivity contribution in [3.05, 3.63) is 24.2 Å². The van der Waals surface area contributed by atoms with Gasteiger partial charge >= 0.3 is 5.97 Å². The molecule has 7 heteroatoms. The van der Waals surface area contributed by atoms with Gasteiger partial charge in [-0.3, -0.25) is 9.59 Å². The molecule has 1 atom stereocenters. The Kier molecular flexibility index (Phi) is 5.11. The molecule has 0 saturated heterocycles. The summed E-state index contributed by atoms with van der Waals surface area (Å²) in [6, 6.07) is 2.16. The summed E-state index contributed by atoms with van der Waals surface area (Å²) >= 11 is 0. The SMILES string of the molecule is CC(C)C(NC(=O)c1ccco1)C(=O)OCC(N)=O. The number of amides is 2. The Hall–Kier alpha value is -2.31. The van der Waals surface area contributed by atoms with E-state index in [9.17, 15) is 14.4 Å². The maximum Gasteiger partial charge on any atom is 0.329 e. The van der Waals surface area contributed by atoms with Crippen LogP contribution in [-0.2, 0) is 14.3 Å². The van der Waals surface area contributed by atoms with E-state index < -0.39 is 30.4 Å². The fourth-order valence-corrected chi connectivity index (χ4v) is 1.35. The largest absolute Gasteiger partial charge is 0.459 e. The summed E-state index contributed by atoms with van der Waals surface area (Å²) in [6.45, 7) is 2.95. The zero-order chi connectivity index (χ0) is 14.4. The summed E-state index contributed by atoms with van der Waals surface area (Å²) in [5.74, 6) is -2.12. The number of esters is 1. The molecule has 0 fully saturated rings. The van der Waals surface area contributed by atoms with Crippen LogP contribution < -0.4 is 11.1 Å². The van der Waals surface area contributed by atoms with E-state index in [1.165, 1.54) is 12.3 Å². The standard InChI is InChI=1S/C12H16N2O5/c1-7(2)10(12(17)19-6-9(13)15)14-11(16)8-4-3-5-18-8/h3-5,7,10H,6H2,1-2H3,(H2,13,15)(H,14,16). The maximum absolute atomic E-state index is 11.8. The van der Waals surface area contributed by atoms with Crippen LogP contribution in [0.15, 0.2) is 22.8 Å². The average molecular weight is 268 g/mol. The van der Waals surface area contributed by atoms with Gasteiger partial charge < -0.3 is 20.2 Å². The highest BCUT2D eigenvalue weighted by Gasteiger charge is 2.27. The van der Waals surface area contributed by atoms with Crippen molar-refractivity contribution in [2.24, 2.45) is 11.7 Å². The molecule has 0 bridgehead atoms. The summed E-state index contributed by atoms with van der Waals surface area (Å²) in [7, 11) is 0. The molecule has 1 heterocycles. The highest BCUT2D eigenvalue weighted by molar-refractivity contribution is 5.94. The molecule has 0 radical (unpaired) electrons. The van der Waals surface area contributed by atoms with Crippen molar-refractivity contribution in [3.63, 3.8) is 0 Å². The molecular formula is C12H16N2O5. The summed E-state index contributed by atoms with van der Waals surface area (Å²) in [6.07, 6.45) is 1.35. The minimum Gasteiger partial charge on any atom is -0.459 e. The molecule has 0 aliphatic carbocycles. The Balaban J connectivity index is 2.65. The topological polar surface area (TPSA) is 112 Å². The molecule has 2 amide bonds. The minimum atomic E-state index is -0.878. The van der Waals surface area contributed by atoms with Crippen molar-refractivity contribution in [1.82, 2.24) is 5.32 Å². The molecule has 3 N–H and O–H groups in total. The van der Waals surface area contributed by atoms with Crippen LogP contribution in [0.5, 0.6) is 0 Å². The van der Waals surface area contributed by atoms with Crippen LogP contribution >= 0.6 is 0 Å². The van der Waals surface area contributed by atoms with E-state index in [0.717, 1.165) is 0 Å². The van der Waals surface area contributed by atoms with Gasteiger partial charge in [0.25, 0.3) is 11.8 Å². The summed E-state index contributed by atoms with van der Waals surface area (Å²) in [5.41, 5.74) is 4.88. The average Bonchev–Trinajstić information content (AvgIpc) is 2.86. The molecule has 0 aromatic carbocycles. The van der Waals surface area contributed by atoms with Gasteiger partial charge in [0, 0.05) is 0 Å². The molecule has 1 aromatic heterocycles. The van der Waals surface area contributed by atoms with Crippen molar-refractivity contribution in [3.8, 4) is 0 Å². The third-order valence-electron chi connectivity index (χ3n) is 2.31. The normalized spacial score (nSPS) is 11.9. The van der Waals surface area contributed by atoms with Gasteiger partial charge in [0.15, 0.2) is 12.4 Å². The van der Waals surface area contributed by atoms with E-state index >= 15 is 0 Å². The number of ether oxygens (including phenoxy) is 1. The number of hydrogen-bond donors (Lipinski definition) is 2. The zero-order valence-electron chi connectivity index (χ0n) is 10.7. The van der Waals surface area contributed by atoms with Gasteiger partial charge in [-0.2, -0.15) is 0 Å². The van der Waals surface area contributed by atoms with Crippen LogP contribution in [-0.4, -0.2) is 30.4 Å². The van der Waals surface area contributed by atoms with Gasteiger partial charge in [-0.1, -0.05) is 13.8 Å². The summed E-state index contributed by atoms with van der Waals surface area (Å²) in [4.78, 5) is 34.0. The van der Waals surface area contributed by atoms with Gasteiger partial charge in [-0.25, -0.2) is 4.79 Å². The molecule has 1 unspecified atom stereocenters. The van der Waals surface area contributed by atoms with E-state index in [4.69, 9.17) is 10.2 Å².